The number of imide groups is 1. The number of methoxy groups -OCH3 is 2. The highest BCUT2D eigenvalue weighted by atomic mass is 16.5. The van der Waals surface area contributed by atoms with Crippen LogP contribution < -0.4 is 19.1 Å². The van der Waals surface area contributed by atoms with Gasteiger partial charge in [-0.15, -0.1) is 0 Å². The average molecular weight is 410 g/mol. The molecule has 0 N–H and O–H groups in total. The summed E-state index contributed by atoms with van der Waals surface area (Å²) < 4.78 is 16.5. The Hall–Kier alpha value is -3.06. The van der Waals surface area contributed by atoms with Crippen LogP contribution in [0.4, 0.5) is 5.69 Å². The van der Waals surface area contributed by atoms with Gasteiger partial charge in [-0.25, -0.2) is 4.90 Å². The third kappa shape index (κ3) is 3.50. The number of para-hydroxylation sites is 2. The van der Waals surface area contributed by atoms with Crippen LogP contribution in [-0.4, -0.2) is 50.1 Å². The van der Waals surface area contributed by atoms with Crippen molar-refractivity contribution in [2.45, 2.75) is 32.4 Å². The summed E-state index contributed by atoms with van der Waals surface area (Å²) in [5.74, 6) is 1.52. The minimum Gasteiger partial charge on any atom is -0.493 e. The third-order valence-corrected chi connectivity index (χ3v) is 5.72. The van der Waals surface area contributed by atoms with E-state index in [4.69, 9.17) is 14.2 Å². The van der Waals surface area contributed by atoms with Crippen LogP contribution in [0.15, 0.2) is 36.4 Å². The van der Waals surface area contributed by atoms with Crippen LogP contribution in [0.1, 0.15) is 24.5 Å². The summed E-state index contributed by atoms with van der Waals surface area (Å²) in [5.41, 5.74) is 2.78. The number of carbonyl (C=O) groups is 2. The van der Waals surface area contributed by atoms with Gasteiger partial charge in [-0.3, -0.25) is 14.5 Å². The van der Waals surface area contributed by atoms with E-state index in [1.807, 2.05) is 31.2 Å². The molecule has 0 radical (unpaired) electrons. The third-order valence-electron chi connectivity index (χ3n) is 5.72. The van der Waals surface area contributed by atoms with E-state index in [2.05, 4.69) is 4.90 Å². The molecule has 0 aromatic heterocycles. The highest BCUT2D eigenvalue weighted by molar-refractivity contribution is 6.23. The maximum Gasteiger partial charge on any atom is 0.251 e. The van der Waals surface area contributed by atoms with E-state index in [1.54, 1.807) is 26.4 Å². The van der Waals surface area contributed by atoms with Crippen LogP contribution in [0.5, 0.6) is 17.2 Å². The Balaban J connectivity index is 1.58. The Morgan fingerprint density at radius 1 is 1.00 bits per heavy atom. The molecule has 1 fully saturated rings. The number of amides is 2. The lowest BCUT2D eigenvalue weighted by molar-refractivity contribution is -0.123. The number of hydrogen-bond acceptors (Lipinski definition) is 6. The number of fused-ring (bicyclic) bond motifs is 1. The molecule has 1 unspecified atom stereocenters. The van der Waals surface area contributed by atoms with Crippen molar-refractivity contribution in [2.75, 3.05) is 32.3 Å². The number of rotatable bonds is 6. The number of nitrogens with zero attached hydrogens (tertiary/aromatic N) is 2. The lowest BCUT2D eigenvalue weighted by Crippen LogP contribution is -2.44. The molecule has 2 aliphatic rings. The largest absolute Gasteiger partial charge is 0.493 e. The molecule has 30 heavy (non-hydrogen) atoms. The van der Waals surface area contributed by atoms with E-state index in [0.717, 1.165) is 12.0 Å². The zero-order valence-corrected chi connectivity index (χ0v) is 17.5. The summed E-state index contributed by atoms with van der Waals surface area (Å²) in [5, 5.41) is 0. The molecular weight excluding hydrogens is 384 g/mol. The summed E-state index contributed by atoms with van der Waals surface area (Å²) in [6.45, 7) is 3.62. The average Bonchev–Trinajstić information content (AvgIpc) is 3.06. The SMILES string of the molecule is CCOc1ccccc1N1C(=O)CC(N2CCc3cc(OC)c(OC)cc3C2)C1=O. The van der Waals surface area contributed by atoms with Gasteiger partial charge in [-0.2, -0.15) is 0 Å². The molecule has 0 spiro atoms. The van der Waals surface area contributed by atoms with Gasteiger partial charge in [-0.1, -0.05) is 12.1 Å². The normalized spacial score (nSPS) is 19.0. The highest BCUT2D eigenvalue weighted by Gasteiger charge is 2.44. The Morgan fingerprint density at radius 2 is 1.70 bits per heavy atom. The zero-order chi connectivity index (χ0) is 21.3. The summed E-state index contributed by atoms with van der Waals surface area (Å²) in [4.78, 5) is 29.4. The number of benzene rings is 2. The van der Waals surface area contributed by atoms with Crippen LogP contribution in [0, 0.1) is 0 Å². The van der Waals surface area contributed by atoms with E-state index in [0.29, 0.717) is 42.6 Å². The first-order chi connectivity index (χ1) is 14.6. The highest BCUT2D eigenvalue weighted by Crippen LogP contribution is 2.37. The van der Waals surface area contributed by atoms with Crippen LogP contribution >= 0.6 is 0 Å². The monoisotopic (exact) mass is 410 g/mol. The fourth-order valence-electron chi connectivity index (χ4n) is 4.24. The van der Waals surface area contributed by atoms with Gasteiger partial charge in [0.1, 0.15) is 5.75 Å². The molecule has 2 aliphatic heterocycles. The van der Waals surface area contributed by atoms with Crippen molar-refractivity contribution in [3.05, 3.63) is 47.5 Å². The molecule has 2 amide bonds. The van der Waals surface area contributed by atoms with Crippen molar-refractivity contribution < 1.29 is 23.8 Å². The second kappa shape index (κ2) is 8.36. The van der Waals surface area contributed by atoms with Crippen LogP contribution in [-0.2, 0) is 22.6 Å². The first kappa shape index (κ1) is 20.2. The van der Waals surface area contributed by atoms with Crippen molar-refractivity contribution in [3.8, 4) is 17.2 Å². The molecular formula is C23H26N2O5. The van der Waals surface area contributed by atoms with Crippen molar-refractivity contribution in [3.63, 3.8) is 0 Å². The summed E-state index contributed by atoms with van der Waals surface area (Å²) in [7, 11) is 3.23. The van der Waals surface area contributed by atoms with Crippen LogP contribution in [0.3, 0.4) is 0 Å². The molecule has 0 bridgehead atoms. The van der Waals surface area contributed by atoms with Crippen molar-refractivity contribution in [2.24, 2.45) is 0 Å². The van der Waals surface area contributed by atoms with E-state index in [9.17, 15) is 9.59 Å². The molecule has 1 atom stereocenters. The zero-order valence-electron chi connectivity index (χ0n) is 17.5. The lowest BCUT2D eigenvalue weighted by Gasteiger charge is -2.32. The number of carbonyl (C=O) groups excluding carboxylic acids is 2. The Labute approximate surface area is 176 Å². The van der Waals surface area contributed by atoms with Gasteiger partial charge in [0.25, 0.3) is 5.91 Å². The van der Waals surface area contributed by atoms with Crippen LogP contribution in [0.25, 0.3) is 0 Å². The van der Waals surface area contributed by atoms with Crippen molar-refractivity contribution in [1.82, 2.24) is 4.90 Å². The van der Waals surface area contributed by atoms with Gasteiger partial charge in [0.2, 0.25) is 5.91 Å². The molecule has 1 saturated heterocycles. The smallest absolute Gasteiger partial charge is 0.251 e. The first-order valence-electron chi connectivity index (χ1n) is 10.1. The fraction of sp³-hybridized carbons (Fsp3) is 0.391. The van der Waals surface area contributed by atoms with Gasteiger partial charge >= 0.3 is 0 Å². The molecule has 0 saturated carbocycles. The van der Waals surface area contributed by atoms with Crippen LogP contribution in [0.2, 0.25) is 0 Å². The fourth-order valence-corrected chi connectivity index (χ4v) is 4.24. The quantitative estimate of drug-likeness (QED) is 0.683. The van der Waals surface area contributed by atoms with E-state index in [1.165, 1.54) is 10.5 Å². The van der Waals surface area contributed by atoms with Gasteiger partial charge < -0.3 is 14.2 Å². The van der Waals surface area contributed by atoms with Gasteiger partial charge in [0.05, 0.1) is 39.0 Å². The van der Waals surface area contributed by atoms with Crippen molar-refractivity contribution >= 4 is 17.5 Å². The topological polar surface area (TPSA) is 68.3 Å². The summed E-state index contributed by atoms with van der Waals surface area (Å²) in [6.07, 6.45) is 0.950. The molecule has 2 aromatic carbocycles. The minimum atomic E-state index is -0.478. The maximum absolute atomic E-state index is 13.3. The van der Waals surface area contributed by atoms with E-state index >= 15 is 0 Å². The number of hydrogen-bond donors (Lipinski definition) is 0. The van der Waals surface area contributed by atoms with Gasteiger partial charge in [-0.05, 0) is 48.7 Å². The standard InChI is InChI=1S/C23H26N2O5/c1-4-30-19-8-6-5-7-17(19)25-22(26)13-18(23(25)27)24-10-9-15-11-20(28-2)21(29-3)12-16(15)14-24/h5-8,11-12,18H,4,9-10,13-14H2,1-3H3. The minimum absolute atomic E-state index is 0.169. The summed E-state index contributed by atoms with van der Waals surface area (Å²) >= 11 is 0. The predicted octanol–water partition coefficient (Wildman–Crippen LogP) is 2.79. The molecule has 7 heteroatoms. The molecule has 2 heterocycles. The van der Waals surface area contributed by atoms with Gasteiger partial charge in [0, 0.05) is 13.1 Å². The Bertz CT molecular complexity index is 974. The Kier molecular flexibility index (Phi) is 5.63. The Morgan fingerprint density at radius 3 is 2.40 bits per heavy atom. The number of ether oxygens (including phenoxy) is 3. The van der Waals surface area contributed by atoms with Crippen molar-refractivity contribution in [1.29, 1.82) is 0 Å². The number of anilines is 1. The molecule has 0 aliphatic carbocycles. The molecule has 2 aromatic rings. The molecule has 158 valence electrons. The van der Waals surface area contributed by atoms with Gasteiger partial charge in [0.15, 0.2) is 11.5 Å². The molecule has 7 nitrogen and oxygen atoms in total. The van der Waals surface area contributed by atoms with E-state index in [-0.39, 0.29) is 18.2 Å². The first-order valence-corrected chi connectivity index (χ1v) is 10.1. The molecule has 4 rings (SSSR count). The second-order valence-electron chi connectivity index (χ2n) is 7.38. The maximum atomic E-state index is 13.3. The second-order valence-corrected chi connectivity index (χ2v) is 7.38. The predicted molar refractivity (Wildman–Crippen MR) is 112 cm³/mol. The lowest BCUT2D eigenvalue weighted by atomic mass is 9.97. The summed E-state index contributed by atoms with van der Waals surface area (Å²) in [6, 6.07) is 10.7. The van der Waals surface area contributed by atoms with E-state index < -0.39 is 6.04 Å².